The number of rotatable bonds is 3. The van der Waals surface area contributed by atoms with Crippen molar-refractivity contribution in [1.29, 1.82) is 5.41 Å². The Morgan fingerprint density at radius 1 is 1.30 bits per heavy atom. The summed E-state index contributed by atoms with van der Waals surface area (Å²) in [4.78, 5) is 12.6. The number of carbonyl (C=O) groups is 1. The molecule has 0 saturated carbocycles. The average Bonchev–Trinajstić information content (AvgIpc) is 2.99. The molecule has 0 aliphatic carbocycles. The summed E-state index contributed by atoms with van der Waals surface area (Å²) in [5, 5.41) is 11.4. The standard InChI is InChI=1S/C17H15N3OS2/c1-22-17(21)20-12-6-11(9-18)16(19)13(8-12)15-7-10-4-2-3-5-14(10)23-15/h2-9,18H,19H2,1H3,(H,20,21). The van der Waals surface area contributed by atoms with Gasteiger partial charge < -0.3 is 16.5 Å². The van der Waals surface area contributed by atoms with Crippen molar-refractivity contribution in [2.75, 3.05) is 17.3 Å². The highest BCUT2D eigenvalue weighted by Crippen LogP contribution is 2.38. The quantitative estimate of drug-likeness (QED) is 0.461. The maximum Gasteiger partial charge on any atom is 0.283 e. The molecule has 0 aliphatic heterocycles. The molecule has 0 radical (unpaired) electrons. The Hall–Kier alpha value is -2.31. The first kappa shape index (κ1) is 15.6. The first-order valence-electron chi connectivity index (χ1n) is 6.90. The maximum atomic E-state index is 11.6. The van der Waals surface area contributed by atoms with Gasteiger partial charge in [-0.25, -0.2) is 0 Å². The van der Waals surface area contributed by atoms with E-state index in [1.807, 2.05) is 18.2 Å². The third-order valence-corrected chi connectivity index (χ3v) is 5.11. The van der Waals surface area contributed by atoms with E-state index in [2.05, 4.69) is 23.5 Å². The van der Waals surface area contributed by atoms with Crippen LogP contribution in [0.25, 0.3) is 20.5 Å². The van der Waals surface area contributed by atoms with Gasteiger partial charge in [0.15, 0.2) is 0 Å². The Labute approximate surface area is 142 Å². The molecular formula is C17H15N3OS2. The Bertz CT molecular complexity index is 869. The van der Waals surface area contributed by atoms with Gasteiger partial charge in [0.2, 0.25) is 0 Å². The van der Waals surface area contributed by atoms with Crippen LogP contribution >= 0.6 is 23.1 Å². The van der Waals surface area contributed by atoms with Crippen molar-refractivity contribution >= 4 is 56.0 Å². The third-order valence-electron chi connectivity index (χ3n) is 3.49. The van der Waals surface area contributed by atoms with Crippen LogP contribution in [0.3, 0.4) is 0 Å². The van der Waals surface area contributed by atoms with Gasteiger partial charge in [0.1, 0.15) is 0 Å². The predicted octanol–water partition coefficient (Wildman–Crippen LogP) is 5.04. The lowest BCUT2D eigenvalue weighted by molar-refractivity contribution is 0.270. The number of nitrogen functional groups attached to an aromatic ring is 1. The number of benzene rings is 2. The monoisotopic (exact) mass is 341 g/mol. The van der Waals surface area contributed by atoms with E-state index in [0.717, 1.165) is 27.6 Å². The van der Waals surface area contributed by atoms with E-state index in [1.54, 1.807) is 23.7 Å². The lowest BCUT2D eigenvalue weighted by atomic mass is 10.0. The lowest BCUT2D eigenvalue weighted by Gasteiger charge is -2.11. The fourth-order valence-electron chi connectivity index (χ4n) is 2.35. The molecule has 0 fully saturated rings. The van der Waals surface area contributed by atoms with E-state index < -0.39 is 0 Å². The summed E-state index contributed by atoms with van der Waals surface area (Å²) in [6.45, 7) is 0. The predicted molar refractivity (Wildman–Crippen MR) is 102 cm³/mol. The first-order valence-corrected chi connectivity index (χ1v) is 8.94. The molecule has 116 valence electrons. The van der Waals surface area contributed by atoms with Crippen molar-refractivity contribution in [2.45, 2.75) is 0 Å². The molecular weight excluding hydrogens is 326 g/mol. The molecule has 3 rings (SSSR count). The van der Waals surface area contributed by atoms with Crippen LogP contribution in [0.5, 0.6) is 0 Å². The van der Waals surface area contributed by atoms with Crippen molar-refractivity contribution in [3.8, 4) is 10.4 Å². The number of anilines is 2. The second kappa shape index (κ2) is 6.44. The minimum atomic E-state index is -0.145. The molecule has 4 nitrogen and oxygen atoms in total. The molecule has 0 unspecified atom stereocenters. The fourth-order valence-corrected chi connectivity index (χ4v) is 3.67. The molecule has 0 saturated heterocycles. The van der Waals surface area contributed by atoms with Crippen LogP contribution in [-0.4, -0.2) is 17.7 Å². The number of thioether (sulfide) groups is 1. The van der Waals surface area contributed by atoms with Crippen LogP contribution in [0.15, 0.2) is 42.5 Å². The molecule has 23 heavy (non-hydrogen) atoms. The molecule has 4 N–H and O–H groups in total. The maximum absolute atomic E-state index is 11.6. The van der Waals surface area contributed by atoms with Gasteiger partial charge in [0.25, 0.3) is 5.24 Å². The fraction of sp³-hybridized carbons (Fsp3) is 0.0588. The largest absolute Gasteiger partial charge is 0.398 e. The second-order valence-corrected chi connectivity index (χ2v) is 6.80. The van der Waals surface area contributed by atoms with Gasteiger partial charge in [0, 0.05) is 38.3 Å². The van der Waals surface area contributed by atoms with Crippen molar-refractivity contribution in [2.24, 2.45) is 0 Å². The van der Waals surface area contributed by atoms with Crippen LogP contribution in [0.4, 0.5) is 16.2 Å². The number of thiophene rings is 1. The zero-order chi connectivity index (χ0) is 16.4. The summed E-state index contributed by atoms with van der Waals surface area (Å²) in [5.41, 5.74) is 8.84. The second-order valence-electron chi connectivity index (χ2n) is 4.94. The van der Waals surface area contributed by atoms with Crippen LogP contribution in [0, 0.1) is 5.41 Å². The topological polar surface area (TPSA) is 79.0 Å². The normalized spacial score (nSPS) is 10.7. The average molecular weight is 341 g/mol. The van der Waals surface area contributed by atoms with Crippen LogP contribution < -0.4 is 11.1 Å². The van der Waals surface area contributed by atoms with E-state index in [1.165, 1.54) is 10.9 Å². The molecule has 0 bridgehead atoms. The summed E-state index contributed by atoms with van der Waals surface area (Å²) in [6, 6.07) is 13.8. The Morgan fingerprint density at radius 3 is 2.78 bits per heavy atom. The summed E-state index contributed by atoms with van der Waals surface area (Å²) in [7, 11) is 0. The van der Waals surface area contributed by atoms with E-state index in [-0.39, 0.29) is 5.24 Å². The van der Waals surface area contributed by atoms with Gasteiger partial charge in [0.05, 0.1) is 0 Å². The number of nitrogens with one attached hydrogen (secondary N) is 2. The molecule has 3 aromatic rings. The molecule has 6 heteroatoms. The van der Waals surface area contributed by atoms with Gasteiger partial charge >= 0.3 is 0 Å². The van der Waals surface area contributed by atoms with E-state index in [4.69, 9.17) is 11.1 Å². The number of carbonyl (C=O) groups excluding carboxylic acids is 1. The number of nitrogens with two attached hydrogens (primary N) is 1. The third kappa shape index (κ3) is 3.09. The van der Waals surface area contributed by atoms with Crippen molar-refractivity contribution < 1.29 is 4.79 Å². The SMILES string of the molecule is CSC(=O)Nc1cc(C=N)c(N)c(-c2cc3ccccc3s2)c1. The number of hydrogen-bond donors (Lipinski definition) is 3. The summed E-state index contributed by atoms with van der Waals surface area (Å²) < 4.78 is 1.18. The molecule has 0 atom stereocenters. The highest BCUT2D eigenvalue weighted by Gasteiger charge is 2.13. The molecule has 0 aliphatic rings. The van der Waals surface area contributed by atoms with Gasteiger partial charge in [-0.15, -0.1) is 11.3 Å². The van der Waals surface area contributed by atoms with E-state index >= 15 is 0 Å². The number of hydrogen-bond acceptors (Lipinski definition) is 5. The van der Waals surface area contributed by atoms with Gasteiger partial charge in [-0.3, -0.25) is 4.79 Å². The highest BCUT2D eigenvalue weighted by molar-refractivity contribution is 8.13. The smallest absolute Gasteiger partial charge is 0.283 e. The van der Waals surface area contributed by atoms with Gasteiger partial charge in [-0.05, 0) is 35.9 Å². The van der Waals surface area contributed by atoms with E-state index in [0.29, 0.717) is 16.9 Å². The Balaban J connectivity index is 2.14. The van der Waals surface area contributed by atoms with Crippen molar-refractivity contribution in [3.63, 3.8) is 0 Å². The summed E-state index contributed by atoms with van der Waals surface area (Å²) in [5.74, 6) is 0. The zero-order valence-electron chi connectivity index (χ0n) is 12.4. The molecule has 0 spiro atoms. The van der Waals surface area contributed by atoms with Gasteiger partial charge in [-0.2, -0.15) is 0 Å². The van der Waals surface area contributed by atoms with Crippen molar-refractivity contribution in [3.05, 3.63) is 48.0 Å². The minimum Gasteiger partial charge on any atom is -0.398 e. The summed E-state index contributed by atoms with van der Waals surface area (Å²) >= 11 is 2.75. The Morgan fingerprint density at radius 2 is 2.09 bits per heavy atom. The van der Waals surface area contributed by atoms with Crippen LogP contribution in [0.1, 0.15) is 5.56 Å². The minimum absolute atomic E-state index is 0.145. The van der Waals surface area contributed by atoms with Crippen molar-refractivity contribution in [1.82, 2.24) is 0 Å². The molecule has 1 heterocycles. The zero-order valence-corrected chi connectivity index (χ0v) is 14.1. The van der Waals surface area contributed by atoms with Crippen LogP contribution in [-0.2, 0) is 0 Å². The van der Waals surface area contributed by atoms with E-state index in [9.17, 15) is 4.79 Å². The molecule has 1 amide bonds. The Kier molecular flexibility index (Phi) is 4.36. The number of amides is 1. The molecule has 2 aromatic carbocycles. The van der Waals surface area contributed by atoms with Gasteiger partial charge in [-0.1, -0.05) is 30.0 Å². The first-order chi connectivity index (χ1) is 11.1. The lowest BCUT2D eigenvalue weighted by Crippen LogP contribution is -2.06. The highest BCUT2D eigenvalue weighted by atomic mass is 32.2. The number of fused-ring (bicyclic) bond motifs is 1. The summed E-state index contributed by atoms with van der Waals surface area (Å²) in [6.07, 6.45) is 2.93. The molecule has 1 aromatic heterocycles. The van der Waals surface area contributed by atoms with Crippen LogP contribution in [0.2, 0.25) is 0 Å².